The van der Waals surface area contributed by atoms with Gasteiger partial charge in [0.2, 0.25) is 0 Å². The van der Waals surface area contributed by atoms with E-state index in [-0.39, 0.29) is 5.91 Å². The average Bonchev–Trinajstić information content (AvgIpc) is 2.45. The predicted octanol–water partition coefficient (Wildman–Crippen LogP) is 1.65. The van der Waals surface area contributed by atoms with E-state index >= 15 is 0 Å². The van der Waals surface area contributed by atoms with Crippen molar-refractivity contribution in [3.63, 3.8) is 0 Å². The van der Waals surface area contributed by atoms with Gasteiger partial charge in [0.15, 0.2) is 0 Å². The third-order valence-corrected chi connectivity index (χ3v) is 3.89. The van der Waals surface area contributed by atoms with Crippen molar-refractivity contribution in [1.82, 2.24) is 15.2 Å². The van der Waals surface area contributed by atoms with Crippen molar-refractivity contribution in [2.75, 3.05) is 32.5 Å². The van der Waals surface area contributed by atoms with Crippen molar-refractivity contribution < 1.29 is 4.79 Å². The Morgan fingerprint density at radius 1 is 1.45 bits per heavy atom. The molecule has 1 aliphatic heterocycles. The zero-order valence-electron chi connectivity index (χ0n) is 12.6. The summed E-state index contributed by atoms with van der Waals surface area (Å²) >= 11 is 0. The first-order valence-electron chi connectivity index (χ1n) is 7.25. The largest absolute Gasteiger partial charge is 0.373 e. The van der Waals surface area contributed by atoms with Crippen LogP contribution in [0.5, 0.6) is 0 Å². The second-order valence-corrected chi connectivity index (χ2v) is 5.47. The number of anilines is 1. The maximum atomic E-state index is 12.2. The molecule has 1 saturated heterocycles. The normalized spacial score (nSPS) is 19.6. The van der Waals surface area contributed by atoms with Crippen LogP contribution in [0, 0.1) is 6.92 Å². The van der Waals surface area contributed by atoms with Gasteiger partial charge in [-0.1, -0.05) is 6.42 Å². The summed E-state index contributed by atoms with van der Waals surface area (Å²) in [5, 5.41) is 6.02. The van der Waals surface area contributed by atoms with Gasteiger partial charge in [0, 0.05) is 30.9 Å². The highest BCUT2D eigenvalue weighted by molar-refractivity contribution is 5.95. The number of hydrogen-bond donors (Lipinski definition) is 2. The monoisotopic (exact) mass is 276 g/mol. The van der Waals surface area contributed by atoms with Crippen LogP contribution < -0.4 is 10.6 Å². The molecule has 0 spiro atoms. The zero-order chi connectivity index (χ0) is 14.5. The number of nitrogens with zero attached hydrogens (tertiary/aromatic N) is 2. The first-order chi connectivity index (χ1) is 9.60. The van der Waals surface area contributed by atoms with Crippen LogP contribution in [0.2, 0.25) is 0 Å². The Morgan fingerprint density at radius 2 is 2.25 bits per heavy atom. The van der Waals surface area contributed by atoms with E-state index in [1.165, 1.54) is 12.8 Å². The van der Waals surface area contributed by atoms with E-state index in [1.54, 1.807) is 13.1 Å². The molecule has 0 aromatic carbocycles. The summed E-state index contributed by atoms with van der Waals surface area (Å²) in [5.74, 6) is 0.705. The summed E-state index contributed by atoms with van der Waals surface area (Å²) in [6.45, 7) is 3.73. The number of rotatable bonds is 4. The van der Waals surface area contributed by atoms with Crippen LogP contribution >= 0.6 is 0 Å². The molecule has 5 nitrogen and oxygen atoms in total. The Labute approximate surface area is 120 Å². The molecule has 0 bridgehead atoms. The smallest absolute Gasteiger partial charge is 0.251 e. The van der Waals surface area contributed by atoms with Crippen LogP contribution in [0.4, 0.5) is 5.82 Å². The second-order valence-electron chi connectivity index (χ2n) is 5.47. The van der Waals surface area contributed by atoms with Crippen molar-refractivity contribution in [2.45, 2.75) is 32.2 Å². The van der Waals surface area contributed by atoms with Gasteiger partial charge in [0.05, 0.1) is 0 Å². The van der Waals surface area contributed by atoms with E-state index in [4.69, 9.17) is 0 Å². The molecule has 1 aromatic heterocycles. The van der Waals surface area contributed by atoms with Crippen LogP contribution in [0.3, 0.4) is 0 Å². The Balaban J connectivity index is 1.96. The molecule has 0 aliphatic carbocycles. The summed E-state index contributed by atoms with van der Waals surface area (Å²) in [5.41, 5.74) is 1.51. The van der Waals surface area contributed by atoms with Gasteiger partial charge in [-0.05, 0) is 45.5 Å². The highest BCUT2D eigenvalue weighted by atomic mass is 16.1. The molecule has 2 heterocycles. The van der Waals surface area contributed by atoms with Gasteiger partial charge < -0.3 is 15.5 Å². The van der Waals surface area contributed by atoms with E-state index in [0.29, 0.717) is 18.2 Å². The lowest BCUT2D eigenvalue weighted by molar-refractivity contribution is 0.0928. The quantitative estimate of drug-likeness (QED) is 0.878. The lowest BCUT2D eigenvalue weighted by Crippen LogP contribution is -2.44. The Hall–Kier alpha value is -1.62. The molecule has 0 saturated carbocycles. The van der Waals surface area contributed by atoms with Crippen LogP contribution in [0.25, 0.3) is 0 Å². The summed E-state index contributed by atoms with van der Waals surface area (Å²) in [6, 6.07) is 4.06. The number of nitrogens with one attached hydrogen (secondary N) is 2. The summed E-state index contributed by atoms with van der Waals surface area (Å²) in [7, 11) is 3.94. The number of aromatic nitrogens is 1. The lowest BCUT2D eigenvalue weighted by atomic mass is 10.0. The fraction of sp³-hybridized carbons (Fsp3) is 0.600. The van der Waals surface area contributed by atoms with Crippen molar-refractivity contribution >= 4 is 11.7 Å². The molecule has 2 N–H and O–H groups in total. The standard InChI is InChI=1S/C15H24N4O/c1-11-8-12(9-14(16-2)18-11)15(20)17-10-13-6-4-5-7-19(13)3/h8-9,13H,4-7,10H2,1-3H3,(H,16,18)(H,17,20). The summed E-state index contributed by atoms with van der Waals surface area (Å²) in [6.07, 6.45) is 3.67. The van der Waals surface area contributed by atoms with Crippen LogP contribution in [0.15, 0.2) is 12.1 Å². The number of hydrogen-bond acceptors (Lipinski definition) is 4. The second kappa shape index (κ2) is 6.70. The minimum atomic E-state index is -0.0222. The van der Waals surface area contributed by atoms with E-state index in [1.807, 2.05) is 13.0 Å². The van der Waals surface area contributed by atoms with Gasteiger partial charge in [-0.2, -0.15) is 0 Å². The fourth-order valence-corrected chi connectivity index (χ4v) is 2.64. The van der Waals surface area contributed by atoms with E-state index in [2.05, 4.69) is 27.6 Å². The van der Waals surface area contributed by atoms with Crippen molar-refractivity contribution in [2.24, 2.45) is 0 Å². The minimum Gasteiger partial charge on any atom is -0.373 e. The molecule has 2 rings (SSSR count). The molecular formula is C15H24N4O. The number of carbonyl (C=O) groups is 1. The number of likely N-dealkylation sites (N-methyl/N-ethyl adjacent to an activating group) is 1. The van der Waals surface area contributed by atoms with Gasteiger partial charge >= 0.3 is 0 Å². The highest BCUT2D eigenvalue weighted by Gasteiger charge is 2.19. The van der Waals surface area contributed by atoms with Gasteiger partial charge in [0.1, 0.15) is 5.82 Å². The maximum absolute atomic E-state index is 12.2. The number of piperidine rings is 1. The molecular weight excluding hydrogens is 252 g/mol. The summed E-state index contributed by atoms with van der Waals surface area (Å²) in [4.78, 5) is 18.9. The van der Waals surface area contributed by atoms with Gasteiger partial charge in [0.25, 0.3) is 5.91 Å². The average molecular weight is 276 g/mol. The van der Waals surface area contributed by atoms with Gasteiger partial charge in [-0.3, -0.25) is 4.79 Å². The van der Waals surface area contributed by atoms with Crippen LogP contribution in [-0.4, -0.2) is 49.0 Å². The molecule has 1 fully saturated rings. The Bertz CT molecular complexity index is 475. The zero-order valence-corrected chi connectivity index (χ0v) is 12.6. The maximum Gasteiger partial charge on any atom is 0.251 e. The summed E-state index contributed by atoms with van der Waals surface area (Å²) < 4.78 is 0. The SMILES string of the molecule is CNc1cc(C(=O)NCC2CCCCN2C)cc(C)n1. The predicted molar refractivity (Wildman–Crippen MR) is 81.1 cm³/mol. The number of carbonyl (C=O) groups excluding carboxylic acids is 1. The molecule has 0 radical (unpaired) electrons. The van der Waals surface area contributed by atoms with E-state index < -0.39 is 0 Å². The van der Waals surface area contributed by atoms with Crippen molar-refractivity contribution in [3.8, 4) is 0 Å². The van der Waals surface area contributed by atoms with Crippen LogP contribution in [0.1, 0.15) is 35.3 Å². The number of likely N-dealkylation sites (tertiary alicyclic amines) is 1. The number of pyridine rings is 1. The third-order valence-electron chi connectivity index (χ3n) is 3.89. The van der Waals surface area contributed by atoms with Gasteiger partial charge in [-0.15, -0.1) is 0 Å². The molecule has 110 valence electrons. The van der Waals surface area contributed by atoms with Crippen molar-refractivity contribution in [3.05, 3.63) is 23.4 Å². The minimum absolute atomic E-state index is 0.0222. The molecule has 1 atom stereocenters. The highest BCUT2D eigenvalue weighted by Crippen LogP contribution is 2.14. The molecule has 1 unspecified atom stereocenters. The number of aryl methyl sites for hydroxylation is 1. The first kappa shape index (κ1) is 14.8. The Kier molecular flexibility index (Phi) is 4.95. The fourth-order valence-electron chi connectivity index (χ4n) is 2.64. The molecule has 5 heteroatoms. The van der Waals surface area contributed by atoms with Crippen molar-refractivity contribution in [1.29, 1.82) is 0 Å². The molecule has 1 aliphatic rings. The van der Waals surface area contributed by atoms with E-state index in [9.17, 15) is 4.79 Å². The van der Waals surface area contributed by atoms with Gasteiger partial charge in [-0.25, -0.2) is 4.98 Å². The molecule has 20 heavy (non-hydrogen) atoms. The lowest BCUT2D eigenvalue weighted by Gasteiger charge is -2.32. The first-order valence-corrected chi connectivity index (χ1v) is 7.25. The number of amides is 1. The van der Waals surface area contributed by atoms with E-state index in [0.717, 1.165) is 24.5 Å². The Morgan fingerprint density at radius 3 is 2.95 bits per heavy atom. The molecule has 1 aromatic rings. The topological polar surface area (TPSA) is 57.3 Å². The molecule has 1 amide bonds. The van der Waals surface area contributed by atoms with Crippen LogP contribution in [-0.2, 0) is 0 Å². The third kappa shape index (κ3) is 3.70.